The molecular formula is C10H21NO4. The topological polar surface area (TPSA) is 59.0 Å². The predicted octanol–water partition coefficient (Wildman–Crippen LogP) is -0.120. The fourth-order valence-corrected chi connectivity index (χ4v) is 1.25. The number of aliphatic hydroxyl groups excluding tert-OH is 1. The molecule has 0 saturated carbocycles. The Morgan fingerprint density at radius 1 is 1.27 bits per heavy atom. The van der Waals surface area contributed by atoms with Crippen molar-refractivity contribution in [3.8, 4) is 0 Å². The molecule has 5 heteroatoms. The summed E-state index contributed by atoms with van der Waals surface area (Å²) in [5.41, 5.74) is 0. The fraction of sp³-hybridized carbons (Fsp3) is 0.900. The van der Waals surface area contributed by atoms with Crippen LogP contribution in [0.3, 0.4) is 0 Å². The number of hydrogen-bond donors (Lipinski definition) is 1. The highest BCUT2D eigenvalue weighted by molar-refractivity contribution is 5.69. The molecule has 0 aliphatic rings. The Hall–Kier alpha value is -0.650. The van der Waals surface area contributed by atoms with Gasteiger partial charge in [-0.25, -0.2) is 0 Å². The first-order chi connectivity index (χ1) is 7.24. The number of hydrogen-bond acceptors (Lipinski definition) is 5. The van der Waals surface area contributed by atoms with E-state index in [1.54, 1.807) is 7.11 Å². The largest absolute Gasteiger partial charge is 0.469 e. The van der Waals surface area contributed by atoms with Crippen LogP contribution in [-0.2, 0) is 14.3 Å². The molecule has 0 bridgehead atoms. The van der Waals surface area contributed by atoms with E-state index in [1.807, 2.05) is 0 Å². The molecule has 0 saturated heterocycles. The third-order valence-corrected chi connectivity index (χ3v) is 2.11. The molecule has 0 aliphatic heterocycles. The third kappa shape index (κ3) is 8.35. The van der Waals surface area contributed by atoms with Crippen molar-refractivity contribution in [1.82, 2.24) is 4.90 Å². The van der Waals surface area contributed by atoms with Crippen LogP contribution >= 0.6 is 0 Å². The number of aliphatic hydroxyl groups is 1. The molecule has 0 atom stereocenters. The van der Waals surface area contributed by atoms with E-state index in [9.17, 15) is 4.79 Å². The molecule has 0 aliphatic carbocycles. The second-order valence-electron chi connectivity index (χ2n) is 3.24. The van der Waals surface area contributed by atoms with Crippen LogP contribution < -0.4 is 0 Å². The molecule has 5 nitrogen and oxygen atoms in total. The van der Waals surface area contributed by atoms with Gasteiger partial charge >= 0.3 is 5.97 Å². The van der Waals surface area contributed by atoms with Crippen molar-refractivity contribution in [1.29, 1.82) is 0 Å². The van der Waals surface area contributed by atoms with E-state index in [-0.39, 0.29) is 12.6 Å². The maximum Gasteiger partial charge on any atom is 0.305 e. The summed E-state index contributed by atoms with van der Waals surface area (Å²) in [6.07, 6.45) is 1.17. The van der Waals surface area contributed by atoms with Crippen LogP contribution in [0.15, 0.2) is 0 Å². The Kier molecular flexibility index (Phi) is 9.46. The molecule has 0 radical (unpaired) electrons. The summed E-state index contributed by atoms with van der Waals surface area (Å²) in [7, 11) is 3.03. The average Bonchev–Trinajstić information content (AvgIpc) is 2.25. The van der Waals surface area contributed by atoms with Gasteiger partial charge in [-0.3, -0.25) is 9.69 Å². The lowest BCUT2D eigenvalue weighted by Crippen LogP contribution is -2.31. The highest BCUT2D eigenvalue weighted by atomic mass is 16.5. The summed E-state index contributed by atoms with van der Waals surface area (Å²) in [6, 6.07) is 0. The van der Waals surface area contributed by atoms with E-state index in [4.69, 9.17) is 9.84 Å². The van der Waals surface area contributed by atoms with Crippen molar-refractivity contribution in [2.45, 2.75) is 12.8 Å². The highest BCUT2D eigenvalue weighted by Gasteiger charge is 2.05. The van der Waals surface area contributed by atoms with Gasteiger partial charge in [-0.2, -0.15) is 0 Å². The standard InChI is InChI=1S/C10H21NO4/c1-14-9-7-11(6-8-12)5-3-4-10(13)15-2/h12H,3-9H2,1-2H3. The molecular weight excluding hydrogens is 198 g/mol. The molecule has 0 rings (SSSR count). The lowest BCUT2D eigenvalue weighted by molar-refractivity contribution is -0.140. The molecule has 15 heavy (non-hydrogen) atoms. The van der Waals surface area contributed by atoms with E-state index in [1.165, 1.54) is 7.11 Å². The zero-order valence-corrected chi connectivity index (χ0v) is 9.57. The van der Waals surface area contributed by atoms with E-state index >= 15 is 0 Å². The minimum atomic E-state index is -0.189. The van der Waals surface area contributed by atoms with Crippen LogP contribution in [0.25, 0.3) is 0 Å². The Labute approximate surface area is 91.0 Å². The number of ether oxygens (including phenoxy) is 2. The SMILES string of the molecule is COCCN(CCO)CCCC(=O)OC. The van der Waals surface area contributed by atoms with Crippen molar-refractivity contribution in [3.05, 3.63) is 0 Å². The van der Waals surface area contributed by atoms with Gasteiger partial charge in [0, 0.05) is 26.6 Å². The lowest BCUT2D eigenvalue weighted by Gasteiger charge is -2.20. The van der Waals surface area contributed by atoms with Gasteiger partial charge < -0.3 is 14.6 Å². The van der Waals surface area contributed by atoms with Gasteiger partial charge in [0.25, 0.3) is 0 Å². The maximum absolute atomic E-state index is 10.9. The van der Waals surface area contributed by atoms with E-state index in [0.29, 0.717) is 19.6 Å². The molecule has 0 fully saturated rings. The summed E-state index contributed by atoms with van der Waals surface area (Å²) < 4.78 is 9.49. The van der Waals surface area contributed by atoms with E-state index < -0.39 is 0 Å². The normalized spacial score (nSPS) is 10.7. The molecule has 1 N–H and O–H groups in total. The summed E-state index contributed by atoms with van der Waals surface area (Å²) in [6.45, 7) is 2.93. The Morgan fingerprint density at radius 3 is 2.53 bits per heavy atom. The van der Waals surface area contributed by atoms with Crippen LogP contribution in [0.5, 0.6) is 0 Å². The highest BCUT2D eigenvalue weighted by Crippen LogP contribution is 1.96. The van der Waals surface area contributed by atoms with Crippen molar-refractivity contribution in [2.24, 2.45) is 0 Å². The van der Waals surface area contributed by atoms with Crippen molar-refractivity contribution < 1.29 is 19.4 Å². The molecule has 0 amide bonds. The van der Waals surface area contributed by atoms with Gasteiger partial charge in [0.2, 0.25) is 0 Å². The average molecular weight is 219 g/mol. The monoisotopic (exact) mass is 219 g/mol. The quantitative estimate of drug-likeness (QED) is 0.548. The second-order valence-corrected chi connectivity index (χ2v) is 3.24. The molecule has 0 unspecified atom stereocenters. The molecule has 0 aromatic rings. The Balaban J connectivity index is 3.60. The number of nitrogens with zero attached hydrogens (tertiary/aromatic N) is 1. The number of methoxy groups -OCH3 is 2. The minimum absolute atomic E-state index is 0.127. The second kappa shape index (κ2) is 9.89. The summed E-state index contributed by atoms with van der Waals surface area (Å²) in [5.74, 6) is -0.189. The van der Waals surface area contributed by atoms with Crippen LogP contribution in [0.4, 0.5) is 0 Å². The van der Waals surface area contributed by atoms with Crippen LogP contribution in [0.2, 0.25) is 0 Å². The van der Waals surface area contributed by atoms with Crippen molar-refractivity contribution in [2.75, 3.05) is 47.1 Å². The van der Waals surface area contributed by atoms with Crippen molar-refractivity contribution in [3.63, 3.8) is 0 Å². The molecule has 0 aromatic heterocycles. The zero-order valence-electron chi connectivity index (χ0n) is 9.57. The van der Waals surface area contributed by atoms with Crippen molar-refractivity contribution >= 4 is 5.97 Å². The van der Waals surface area contributed by atoms with Gasteiger partial charge in [-0.1, -0.05) is 0 Å². The lowest BCUT2D eigenvalue weighted by atomic mass is 10.3. The Morgan fingerprint density at radius 2 is 2.00 bits per heavy atom. The number of carbonyl (C=O) groups excluding carboxylic acids is 1. The molecule has 90 valence electrons. The smallest absolute Gasteiger partial charge is 0.305 e. The van der Waals surface area contributed by atoms with Crippen LogP contribution in [0.1, 0.15) is 12.8 Å². The fourth-order valence-electron chi connectivity index (χ4n) is 1.25. The number of esters is 1. The summed E-state index contributed by atoms with van der Waals surface area (Å²) in [4.78, 5) is 12.9. The molecule has 0 heterocycles. The van der Waals surface area contributed by atoms with E-state index in [0.717, 1.165) is 19.5 Å². The first kappa shape index (κ1) is 14.3. The van der Waals surface area contributed by atoms with Crippen LogP contribution in [-0.4, -0.2) is 63.0 Å². The maximum atomic E-state index is 10.9. The first-order valence-electron chi connectivity index (χ1n) is 5.13. The van der Waals surface area contributed by atoms with Gasteiger partial charge in [0.05, 0.1) is 20.3 Å². The zero-order chi connectivity index (χ0) is 11.5. The van der Waals surface area contributed by atoms with Gasteiger partial charge in [0.1, 0.15) is 0 Å². The predicted molar refractivity (Wildman–Crippen MR) is 56.7 cm³/mol. The summed E-state index contributed by atoms with van der Waals surface area (Å²) in [5, 5.41) is 8.82. The summed E-state index contributed by atoms with van der Waals surface area (Å²) >= 11 is 0. The van der Waals surface area contributed by atoms with Gasteiger partial charge in [-0.05, 0) is 13.0 Å². The van der Waals surface area contributed by atoms with Gasteiger partial charge in [0.15, 0.2) is 0 Å². The van der Waals surface area contributed by atoms with Gasteiger partial charge in [-0.15, -0.1) is 0 Å². The minimum Gasteiger partial charge on any atom is -0.469 e. The third-order valence-electron chi connectivity index (χ3n) is 2.11. The first-order valence-corrected chi connectivity index (χ1v) is 5.13. The molecule has 0 aromatic carbocycles. The number of rotatable bonds is 9. The van der Waals surface area contributed by atoms with E-state index in [2.05, 4.69) is 9.64 Å². The molecule has 0 spiro atoms. The Bertz CT molecular complexity index is 164. The number of carbonyl (C=O) groups is 1. The van der Waals surface area contributed by atoms with Crippen LogP contribution in [0, 0.1) is 0 Å².